The van der Waals surface area contributed by atoms with E-state index in [2.05, 4.69) is 4.72 Å². The number of amides is 1. The minimum absolute atomic E-state index is 0.0767. The Labute approximate surface area is 125 Å². The number of nitrogens with zero attached hydrogens (tertiary/aromatic N) is 1. The van der Waals surface area contributed by atoms with E-state index in [4.69, 9.17) is 10.5 Å². The van der Waals surface area contributed by atoms with Gasteiger partial charge >= 0.3 is 0 Å². The first-order valence-corrected chi connectivity index (χ1v) is 7.85. The number of carbonyl (C=O) groups excluding carboxylic acids is 1. The first kappa shape index (κ1) is 17.4. The highest BCUT2D eigenvalue weighted by Crippen LogP contribution is 2.25. The SMILES string of the molecule is CNS(=O)(=O)c1cc(C(=O)N(C)C(C)CN)ccc1OC. The zero-order valence-electron chi connectivity index (χ0n) is 12.6. The zero-order valence-corrected chi connectivity index (χ0v) is 13.4. The number of hydrogen-bond acceptors (Lipinski definition) is 5. The van der Waals surface area contributed by atoms with Gasteiger partial charge in [-0.1, -0.05) is 0 Å². The van der Waals surface area contributed by atoms with Gasteiger partial charge in [-0.15, -0.1) is 0 Å². The fourth-order valence-corrected chi connectivity index (χ4v) is 2.61. The first-order chi connectivity index (χ1) is 9.78. The van der Waals surface area contributed by atoms with Crippen LogP contribution in [0.2, 0.25) is 0 Å². The number of sulfonamides is 1. The average Bonchev–Trinajstić information content (AvgIpc) is 2.51. The summed E-state index contributed by atoms with van der Waals surface area (Å²) in [6, 6.07) is 4.13. The molecule has 0 radical (unpaired) electrons. The minimum Gasteiger partial charge on any atom is -0.495 e. The predicted molar refractivity (Wildman–Crippen MR) is 79.8 cm³/mol. The summed E-state index contributed by atoms with van der Waals surface area (Å²) in [5.74, 6) is -0.126. The van der Waals surface area contributed by atoms with Crippen molar-refractivity contribution in [3.8, 4) is 5.75 Å². The summed E-state index contributed by atoms with van der Waals surface area (Å²) >= 11 is 0. The van der Waals surface area contributed by atoms with Crippen molar-refractivity contribution in [1.82, 2.24) is 9.62 Å². The number of nitrogens with two attached hydrogens (primary N) is 1. The van der Waals surface area contributed by atoms with Crippen molar-refractivity contribution in [2.45, 2.75) is 17.9 Å². The van der Waals surface area contributed by atoms with Crippen molar-refractivity contribution in [3.05, 3.63) is 23.8 Å². The summed E-state index contributed by atoms with van der Waals surface area (Å²) in [6.45, 7) is 2.13. The van der Waals surface area contributed by atoms with E-state index in [9.17, 15) is 13.2 Å². The van der Waals surface area contributed by atoms with Crippen molar-refractivity contribution in [3.63, 3.8) is 0 Å². The minimum atomic E-state index is -3.72. The molecule has 0 spiro atoms. The monoisotopic (exact) mass is 315 g/mol. The highest BCUT2D eigenvalue weighted by molar-refractivity contribution is 7.89. The Morgan fingerprint density at radius 1 is 1.48 bits per heavy atom. The molecule has 0 fully saturated rings. The Balaban J connectivity index is 3.29. The van der Waals surface area contributed by atoms with Crippen LogP contribution in [0.1, 0.15) is 17.3 Å². The lowest BCUT2D eigenvalue weighted by atomic mass is 10.1. The molecule has 21 heavy (non-hydrogen) atoms. The molecule has 0 aromatic heterocycles. The van der Waals surface area contributed by atoms with Crippen LogP contribution < -0.4 is 15.2 Å². The summed E-state index contributed by atoms with van der Waals surface area (Å²) in [6.07, 6.45) is 0. The molecule has 118 valence electrons. The third-order valence-electron chi connectivity index (χ3n) is 3.29. The van der Waals surface area contributed by atoms with Crippen LogP contribution in [-0.4, -0.2) is 53.0 Å². The average molecular weight is 315 g/mol. The number of hydrogen-bond donors (Lipinski definition) is 2. The van der Waals surface area contributed by atoms with Crippen molar-refractivity contribution >= 4 is 15.9 Å². The van der Waals surface area contributed by atoms with Crippen molar-refractivity contribution < 1.29 is 17.9 Å². The molecular weight excluding hydrogens is 294 g/mol. The highest BCUT2D eigenvalue weighted by atomic mass is 32.2. The Morgan fingerprint density at radius 3 is 2.57 bits per heavy atom. The van der Waals surface area contributed by atoms with Gasteiger partial charge in [-0.25, -0.2) is 13.1 Å². The second kappa shape index (κ2) is 6.88. The fraction of sp³-hybridized carbons (Fsp3) is 0.462. The maximum Gasteiger partial charge on any atom is 0.253 e. The fourth-order valence-electron chi connectivity index (χ4n) is 1.69. The molecule has 0 saturated heterocycles. The first-order valence-electron chi connectivity index (χ1n) is 6.37. The smallest absolute Gasteiger partial charge is 0.253 e. The van der Waals surface area contributed by atoms with Crippen LogP contribution in [0.15, 0.2) is 23.1 Å². The molecule has 1 amide bonds. The molecule has 0 heterocycles. The number of benzene rings is 1. The van der Waals surface area contributed by atoms with Gasteiger partial charge < -0.3 is 15.4 Å². The Morgan fingerprint density at radius 2 is 2.10 bits per heavy atom. The summed E-state index contributed by atoms with van der Waals surface area (Å²) in [4.78, 5) is 13.7. The summed E-state index contributed by atoms with van der Waals surface area (Å²) in [5.41, 5.74) is 5.79. The van der Waals surface area contributed by atoms with E-state index in [-0.39, 0.29) is 28.2 Å². The molecule has 0 aliphatic rings. The van der Waals surface area contributed by atoms with E-state index in [1.165, 1.54) is 37.3 Å². The highest BCUT2D eigenvalue weighted by Gasteiger charge is 2.22. The number of ether oxygens (including phenoxy) is 1. The number of likely N-dealkylation sites (N-methyl/N-ethyl adjacent to an activating group) is 1. The van der Waals surface area contributed by atoms with Gasteiger partial charge in [0.15, 0.2) is 0 Å². The normalized spacial score (nSPS) is 12.8. The molecule has 1 aromatic carbocycles. The van der Waals surface area contributed by atoms with E-state index in [1.54, 1.807) is 7.05 Å². The molecule has 0 aliphatic carbocycles. The van der Waals surface area contributed by atoms with Crippen LogP contribution in [0, 0.1) is 0 Å². The summed E-state index contributed by atoms with van der Waals surface area (Å²) in [5, 5.41) is 0. The van der Waals surface area contributed by atoms with Crippen LogP contribution in [-0.2, 0) is 10.0 Å². The maximum atomic E-state index is 12.3. The largest absolute Gasteiger partial charge is 0.495 e. The Bertz CT molecular complexity index is 616. The second-order valence-electron chi connectivity index (χ2n) is 4.57. The van der Waals surface area contributed by atoms with Gasteiger partial charge in [0, 0.05) is 25.2 Å². The molecule has 1 atom stereocenters. The van der Waals surface area contributed by atoms with E-state index < -0.39 is 10.0 Å². The van der Waals surface area contributed by atoms with Crippen LogP contribution in [0.25, 0.3) is 0 Å². The maximum absolute atomic E-state index is 12.3. The van der Waals surface area contributed by atoms with E-state index in [0.717, 1.165) is 0 Å². The lowest BCUT2D eigenvalue weighted by molar-refractivity contribution is 0.0748. The van der Waals surface area contributed by atoms with Gasteiger partial charge in [-0.05, 0) is 32.2 Å². The van der Waals surface area contributed by atoms with Crippen LogP contribution >= 0.6 is 0 Å². The van der Waals surface area contributed by atoms with Crippen molar-refractivity contribution in [1.29, 1.82) is 0 Å². The van der Waals surface area contributed by atoms with Crippen molar-refractivity contribution in [2.24, 2.45) is 5.73 Å². The molecule has 0 saturated carbocycles. The second-order valence-corrected chi connectivity index (χ2v) is 6.43. The number of carbonyl (C=O) groups is 1. The van der Waals surface area contributed by atoms with E-state index in [1.807, 2.05) is 6.92 Å². The molecular formula is C13H21N3O4S. The van der Waals surface area contributed by atoms with Gasteiger partial charge in [0.25, 0.3) is 5.91 Å². The third-order valence-corrected chi connectivity index (χ3v) is 4.73. The Hall–Kier alpha value is -1.64. The predicted octanol–water partition coefficient (Wildman–Crippen LogP) is 0.0225. The molecule has 3 N–H and O–H groups in total. The molecule has 1 unspecified atom stereocenters. The lowest BCUT2D eigenvalue weighted by Crippen LogP contribution is -2.39. The van der Waals surface area contributed by atoms with Crippen LogP contribution in [0.5, 0.6) is 5.75 Å². The topological polar surface area (TPSA) is 102 Å². The Kier molecular flexibility index (Phi) is 5.70. The number of nitrogens with one attached hydrogen (secondary N) is 1. The lowest BCUT2D eigenvalue weighted by Gasteiger charge is -2.24. The van der Waals surface area contributed by atoms with Gasteiger partial charge in [-0.3, -0.25) is 4.79 Å². The number of methoxy groups -OCH3 is 1. The molecule has 0 aliphatic heterocycles. The zero-order chi connectivity index (χ0) is 16.2. The summed E-state index contributed by atoms with van der Waals surface area (Å²) in [7, 11) is 0.569. The number of rotatable bonds is 6. The van der Waals surface area contributed by atoms with Gasteiger partial charge in [0.2, 0.25) is 10.0 Å². The molecule has 7 nitrogen and oxygen atoms in total. The standard InChI is InChI=1S/C13H21N3O4S/c1-9(8-14)16(3)13(17)10-5-6-11(20-4)12(7-10)21(18,19)15-2/h5-7,9,15H,8,14H2,1-4H3. The van der Waals surface area contributed by atoms with Gasteiger partial charge in [0.05, 0.1) is 7.11 Å². The van der Waals surface area contributed by atoms with Gasteiger partial charge in [0.1, 0.15) is 10.6 Å². The molecule has 0 bridgehead atoms. The van der Waals surface area contributed by atoms with Gasteiger partial charge in [-0.2, -0.15) is 0 Å². The van der Waals surface area contributed by atoms with Crippen LogP contribution in [0.3, 0.4) is 0 Å². The van der Waals surface area contributed by atoms with Crippen molar-refractivity contribution in [2.75, 3.05) is 27.7 Å². The molecule has 8 heteroatoms. The van der Waals surface area contributed by atoms with E-state index >= 15 is 0 Å². The molecule has 1 rings (SSSR count). The quantitative estimate of drug-likeness (QED) is 0.771. The molecule has 1 aromatic rings. The summed E-state index contributed by atoms with van der Waals surface area (Å²) < 4.78 is 31.2. The van der Waals surface area contributed by atoms with Crippen LogP contribution in [0.4, 0.5) is 0 Å². The van der Waals surface area contributed by atoms with E-state index in [0.29, 0.717) is 6.54 Å². The third kappa shape index (κ3) is 3.72.